The quantitative estimate of drug-likeness (QED) is 0.756. The summed E-state index contributed by atoms with van der Waals surface area (Å²) >= 11 is 0. The number of ether oxygens (including phenoxy) is 1. The van der Waals surface area contributed by atoms with Crippen molar-refractivity contribution in [2.45, 2.75) is 45.6 Å². The van der Waals surface area contributed by atoms with Crippen LogP contribution in [0.5, 0.6) is 0 Å². The third-order valence-electron chi connectivity index (χ3n) is 2.87. The topological polar surface area (TPSA) is 29.5 Å². The lowest BCUT2D eigenvalue weighted by Gasteiger charge is -2.33. The predicted octanol–water partition coefficient (Wildman–Crippen LogP) is 3.80. The number of rotatable bonds is 2. The normalized spacial score (nSPS) is 17.5. The molecule has 1 aliphatic heterocycles. The number of carbonyl (C=O) groups excluding carboxylic acids is 1. The van der Waals surface area contributed by atoms with Crippen molar-refractivity contribution in [1.82, 2.24) is 4.90 Å². The van der Waals surface area contributed by atoms with E-state index in [0.29, 0.717) is 19.5 Å². The van der Waals surface area contributed by atoms with Crippen LogP contribution in [-0.2, 0) is 4.74 Å². The van der Waals surface area contributed by atoms with Gasteiger partial charge >= 0.3 is 6.09 Å². The third-order valence-corrected chi connectivity index (χ3v) is 2.87. The maximum absolute atomic E-state index is 12.0. The lowest BCUT2D eigenvalue weighted by molar-refractivity contribution is 0.0184. The second-order valence-electron chi connectivity index (χ2n) is 5.64. The summed E-state index contributed by atoms with van der Waals surface area (Å²) in [7, 11) is 0. The van der Waals surface area contributed by atoms with E-state index in [1.54, 1.807) is 4.90 Å². The van der Waals surface area contributed by atoms with E-state index in [1.807, 2.05) is 20.8 Å². The van der Waals surface area contributed by atoms with Crippen molar-refractivity contribution in [3.05, 3.63) is 12.2 Å². The fraction of sp³-hybridized carbons (Fsp3) is 0.769. The maximum Gasteiger partial charge on any atom is 0.410 e. The molecule has 0 saturated carbocycles. The molecule has 5 heteroatoms. The molecule has 1 amide bonds. The van der Waals surface area contributed by atoms with E-state index >= 15 is 0 Å². The Kier molecular flexibility index (Phi) is 5.11. The van der Waals surface area contributed by atoms with Crippen molar-refractivity contribution in [3.63, 3.8) is 0 Å². The molecular weight excluding hydrogens is 240 g/mol. The molecule has 1 aliphatic rings. The molecule has 1 heterocycles. The van der Waals surface area contributed by atoms with Crippen LogP contribution in [0.4, 0.5) is 13.6 Å². The molecule has 0 atom stereocenters. The van der Waals surface area contributed by atoms with Gasteiger partial charge in [-0.25, -0.2) is 4.79 Å². The second-order valence-corrected chi connectivity index (χ2v) is 5.64. The Morgan fingerprint density at radius 1 is 1.33 bits per heavy atom. The van der Waals surface area contributed by atoms with Crippen molar-refractivity contribution in [1.29, 1.82) is 0 Å². The van der Waals surface area contributed by atoms with Crippen molar-refractivity contribution >= 4 is 6.09 Å². The van der Waals surface area contributed by atoms with Gasteiger partial charge in [0, 0.05) is 13.1 Å². The molecule has 0 aromatic rings. The second kappa shape index (κ2) is 6.16. The van der Waals surface area contributed by atoms with Crippen molar-refractivity contribution in [3.8, 4) is 0 Å². The third kappa shape index (κ3) is 5.47. The number of piperidine rings is 1. The van der Waals surface area contributed by atoms with E-state index in [9.17, 15) is 13.6 Å². The van der Waals surface area contributed by atoms with Crippen LogP contribution in [0.1, 0.15) is 40.0 Å². The summed E-state index contributed by atoms with van der Waals surface area (Å²) in [4.78, 5) is 13.4. The summed E-state index contributed by atoms with van der Waals surface area (Å²) in [6.45, 7) is 6.65. The molecule has 0 aliphatic carbocycles. The average molecular weight is 261 g/mol. The number of carbonyl (C=O) groups is 1. The van der Waals surface area contributed by atoms with Crippen LogP contribution in [0.3, 0.4) is 0 Å². The number of nitrogens with zero attached hydrogens (tertiary/aromatic N) is 1. The molecule has 1 saturated heterocycles. The van der Waals surface area contributed by atoms with Crippen LogP contribution in [0.2, 0.25) is 0 Å². The predicted molar refractivity (Wildman–Crippen MR) is 65.4 cm³/mol. The van der Waals surface area contributed by atoms with Gasteiger partial charge in [0.25, 0.3) is 6.08 Å². The monoisotopic (exact) mass is 261 g/mol. The Hall–Kier alpha value is -1.13. The van der Waals surface area contributed by atoms with E-state index in [4.69, 9.17) is 4.74 Å². The largest absolute Gasteiger partial charge is 0.444 e. The molecule has 0 bridgehead atoms. The molecule has 0 radical (unpaired) electrons. The van der Waals surface area contributed by atoms with Crippen LogP contribution in [-0.4, -0.2) is 29.7 Å². The number of likely N-dealkylation sites (tertiary alicyclic amines) is 1. The van der Waals surface area contributed by atoms with E-state index < -0.39 is 11.7 Å². The van der Waals surface area contributed by atoms with E-state index in [2.05, 4.69) is 0 Å². The lowest BCUT2D eigenvalue weighted by atomic mass is 9.94. The average Bonchev–Trinajstić information content (AvgIpc) is 2.24. The lowest BCUT2D eigenvalue weighted by Crippen LogP contribution is -2.41. The number of hydrogen-bond donors (Lipinski definition) is 0. The molecule has 0 N–H and O–H groups in total. The minimum atomic E-state index is -1.62. The summed E-state index contributed by atoms with van der Waals surface area (Å²) in [5.41, 5.74) is -0.492. The maximum atomic E-state index is 12.0. The Balaban J connectivity index is 2.35. The van der Waals surface area contributed by atoms with E-state index in [0.717, 1.165) is 18.9 Å². The highest BCUT2D eigenvalue weighted by Gasteiger charge is 2.26. The first-order valence-electron chi connectivity index (χ1n) is 6.27. The minimum absolute atomic E-state index is 0.241. The molecule has 1 fully saturated rings. The highest BCUT2D eigenvalue weighted by atomic mass is 19.3. The smallest absolute Gasteiger partial charge is 0.410 e. The Bertz CT molecular complexity index is 311. The Morgan fingerprint density at radius 2 is 1.89 bits per heavy atom. The van der Waals surface area contributed by atoms with Gasteiger partial charge in [0.15, 0.2) is 0 Å². The summed E-state index contributed by atoms with van der Waals surface area (Å²) in [5, 5.41) is 0. The summed E-state index contributed by atoms with van der Waals surface area (Å²) < 4.78 is 29.2. The fourth-order valence-electron chi connectivity index (χ4n) is 1.93. The Morgan fingerprint density at radius 3 is 2.33 bits per heavy atom. The molecule has 0 unspecified atom stereocenters. The number of hydrogen-bond acceptors (Lipinski definition) is 2. The van der Waals surface area contributed by atoms with Crippen LogP contribution in [0, 0.1) is 5.92 Å². The first-order chi connectivity index (χ1) is 8.28. The Labute approximate surface area is 107 Å². The van der Waals surface area contributed by atoms with Gasteiger partial charge in [0.1, 0.15) is 5.60 Å². The van der Waals surface area contributed by atoms with Gasteiger partial charge in [-0.05, 0) is 52.0 Å². The summed E-state index contributed by atoms with van der Waals surface area (Å²) in [5.74, 6) is 0.241. The zero-order valence-corrected chi connectivity index (χ0v) is 11.2. The highest BCUT2D eigenvalue weighted by Crippen LogP contribution is 2.23. The number of halogens is 2. The van der Waals surface area contributed by atoms with Crippen LogP contribution in [0.25, 0.3) is 0 Å². The highest BCUT2D eigenvalue weighted by molar-refractivity contribution is 5.68. The fourth-order valence-corrected chi connectivity index (χ4v) is 1.93. The van der Waals surface area contributed by atoms with Gasteiger partial charge in [0.05, 0.1) is 0 Å². The van der Waals surface area contributed by atoms with Crippen molar-refractivity contribution in [2.75, 3.05) is 13.1 Å². The van der Waals surface area contributed by atoms with E-state index in [-0.39, 0.29) is 12.0 Å². The summed E-state index contributed by atoms with van der Waals surface area (Å²) in [6.07, 6.45) is 0.933. The SMILES string of the molecule is CC(C)(C)OC(=O)N1CCC(CC=C(F)F)CC1. The van der Waals surface area contributed by atoms with Gasteiger partial charge in [-0.2, -0.15) is 8.78 Å². The molecule has 18 heavy (non-hydrogen) atoms. The van der Waals surface area contributed by atoms with Gasteiger partial charge < -0.3 is 9.64 Å². The standard InChI is InChI=1S/C13H21F2NO2/c1-13(2,3)18-12(17)16-8-6-10(7-9-16)4-5-11(14)15/h5,10H,4,6-9H2,1-3H3. The van der Waals surface area contributed by atoms with Gasteiger partial charge in [-0.3, -0.25) is 0 Å². The van der Waals surface area contributed by atoms with Gasteiger partial charge in [-0.15, -0.1) is 0 Å². The number of allylic oxidation sites excluding steroid dienone is 1. The zero-order valence-electron chi connectivity index (χ0n) is 11.2. The minimum Gasteiger partial charge on any atom is -0.444 e. The zero-order chi connectivity index (χ0) is 13.8. The molecule has 0 spiro atoms. The van der Waals surface area contributed by atoms with E-state index in [1.165, 1.54) is 0 Å². The molecule has 104 valence electrons. The van der Waals surface area contributed by atoms with Crippen molar-refractivity contribution in [2.24, 2.45) is 5.92 Å². The van der Waals surface area contributed by atoms with Crippen LogP contribution >= 0.6 is 0 Å². The molecule has 3 nitrogen and oxygen atoms in total. The van der Waals surface area contributed by atoms with Crippen LogP contribution in [0.15, 0.2) is 12.2 Å². The molecule has 1 rings (SSSR count). The molecule has 0 aromatic heterocycles. The number of amides is 1. The van der Waals surface area contributed by atoms with Gasteiger partial charge in [-0.1, -0.05) is 0 Å². The van der Waals surface area contributed by atoms with Gasteiger partial charge in [0.2, 0.25) is 0 Å². The molecule has 0 aromatic carbocycles. The van der Waals surface area contributed by atoms with Crippen LogP contribution < -0.4 is 0 Å². The van der Waals surface area contributed by atoms with Crippen molar-refractivity contribution < 1.29 is 18.3 Å². The first-order valence-corrected chi connectivity index (χ1v) is 6.27. The summed E-state index contributed by atoms with van der Waals surface area (Å²) in [6, 6.07) is 0. The molecular formula is C13H21F2NO2. The first kappa shape index (κ1) is 14.9.